The largest absolute Gasteiger partial charge is 0.338 e. The molecule has 0 spiro atoms. The standard InChI is InChI=1S/C21H27N3O2/c1-15-7-6-11-23(14-15)20(25)16-9-10-17-18(13-16)22-19-8-4-2-3-5-12-24(19)21(17)26/h9-10,13,15H,2-8,11-12,14H2,1H3. The van der Waals surface area contributed by atoms with E-state index < -0.39 is 0 Å². The van der Waals surface area contributed by atoms with Crippen LogP contribution in [0.15, 0.2) is 23.0 Å². The molecular formula is C21H27N3O2. The first-order valence-corrected chi connectivity index (χ1v) is 9.96. The minimum absolute atomic E-state index is 0.0393. The van der Waals surface area contributed by atoms with E-state index in [1.807, 2.05) is 15.5 Å². The molecule has 0 aliphatic carbocycles. The number of piperidine rings is 1. The second kappa shape index (κ2) is 7.22. The lowest BCUT2D eigenvalue weighted by molar-refractivity contribution is 0.0683. The SMILES string of the molecule is CC1CCCN(C(=O)c2ccc3c(=O)n4c(nc3c2)CCCCCC4)C1. The number of fused-ring (bicyclic) bond motifs is 2. The summed E-state index contributed by atoms with van der Waals surface area (Å²) in [6.45, 7) is 4.59. The molecule has 0 radical (unpaired) electrons. The van der Waals surface area contributed by atoms with Crippen LogP contribution in [-0.4, -0.2) is 33.4 Å². The van der Waals surface area contributed by atoms with Crippen molar-refractivity contribution in [2.24, 2.45) is 5.92 Å². The van der Waals surface area contributed by atoms with Crippen molar-refractivity contribution in [3.05, 3.63) is 39.9 Å². The number of aryl methyl sites for hydroxylation is 1. The van der Waals surface area contributed by atoms with Crippen molar-refractivity contribution in [1.82, 2.24) is 14.5 Å². The molecule has 1 fully saturated rings. The average molecular weight is 353 g/mol. The van der Waals surface area contributed by atoms with Crippen LogP contribution in [-0.2, 0) is 13.0 Å². The fourth-order valence-electron chi connectivity index (χ4n) is 4.28. The molecule has 0 saturated carbocycles. The Morgan fingerprint density at radius 1 is 1.12 bits per heavy atom. The minimum atomic E-state index is 0.0393. The van der Waals surface area contributed by atoms with Gasteiger partial charge < -0.3 is 4.90 Å². The third kappa shape index (κ3) is 3.27. The van der Waals surface area contributed by atoms with Crippen LogP contribution < -0.4 is 5.56 Å². The van der Waals surface area contributed by atoms with E-state index in [0.717, 1.165) is 51.1 Å². The highest BCUT2D eigenvalue weighted by Crippen LogP contribution is 2.20. The zero-order valence-corrected chi connectivity index (χ0v) is 15.5. The van der Waals surface area contributed by atoms with Crippen LogP contribution in [0, 0.1) is 5.92 Å². The Morgan fingerprint density at radius 3 is 2.81 bits per heavy atom. The summed E-state index contributed by atoms with van der Waals surface area (Å²) < 4.78 is 1.84. The van der Waals surface area contributed by atoms with E-state index in [1.54, 1.807) is 12.1 Å². The summed E-state index contributed by atoms with van der Waals surface area (Å²) in [7, 11) is 0. The summed E-state index contributed by atoms with van der Waals surface area (Å²) in [5, 5.41) is 0.623. The monoisotopic (exact) mass is 353 g/mol. The Hall–Kier alpha value is -2.17. The number of likely N-dealkylation sites (tertiary alicyclic amines) is 1. The number of rotatable bonds is 1. The second-order valence-corrected chi connectivity index (χ2v) is 7.88. The molecule has 138 valence electrons. The van der Waals surface area contributed by atoms with E-state index in [1.165, 1.54) is 19.3 Å². The van der Waals surface area contributed by atoms with Gasteiger partial charge >= 0.3 is 0 Å². The van der Waals surface area contributed by atoms with E-state index in [2.05, 4.69) is 6.92 Å². The highest BCUT2D eigenvalue weighted by Gasteiger charge is 2.23. The van der Waals surface area contributed by atoms with Crippen molar-refractivity contribution in [2.75, 3.05) is 13.1 Å². The lowest BCUT2D eigenvalue weighted by Crippen LogP contribution is -2.39. The number of hydrogen-bond donors (Lipinski definition) is 0. The number of carbonyl (C=O) groups is 1. The molecule has 1 unspecified atom stereocenters. The van der Waals surface area contributed by atoms with Gasteiger partial charge in [0.2, 0.25) is 0 Å². The van der Waals surface area contributed by atoms with Gasteiger partial charge in [-0.15, -0.1) is 0 Å². The summed E-state index contributed by atoms with van der Waals surface area (Å²) in [5.74, 6) is 1.49. The molecule has 1 atom stereocenters. The Bertz CT molecular complexity index is 887. The van der Waals surface area contributed by atoms with Gasteiger partial charge in [0.05, 0.1) is 10.9 Å². The summed E-state index contributed by atoms with van der Waals surface area (Å²) in [6.07, 6.45) is 7.56. The van der Waals surface area contributed by atoms with Crippen LogP contribution >= 0.6 is 0 Å². The maximum Gasteiger partial charge on any atom is 0.261 e. The second-order valence-electron chi connectivity index (χ2n) is 7.88. The topological polar surface area (TPSA) is 55.2 Å². The van der Waals surface area contributed by atoms with Crippen molar-refractivity contribution in [3.63, 3.8) is 0 Å². The molecular weight excluding hydrogens is 326 g/mol. The number of carbonyl (C=O) groups excluding carboxylic acids is 1. The van der Waals surface area contributed by atoms with Crippen molar-refractivity contribution in [3.8, 4) is 0 Å². The molecule has 1 aromatic heterocycles. The predicted octanol–water partition coefficient (Wildman–Crippen LogP) is 3.39. The lowest BCUT2D eigenvalue weighted by Gasteiger charge is -2.31. The van der Waals surface area contributed by atoms with E-state index >= 15 is 0 Å². The average Bonchev–Trinajstić information content (AvgIpc) is 2.62. The first-order valence-electron chi connectivity index (χ1n) is 9.96. The van der Waals surface area contributed by atoms with Gasteiger partial charge in [-0.25, -0.2) is 4.98 Å². The van der Waals surface area contributed by atoms with Gasteiger partial charge in [-0.1, -0.05) is 19.8 Å². The third-order valence-corrected chi connectivity index (χ3v) is 5.76. The molecule has 1 saturated heterocycles. The summed E-state index contributed by atoms with van der Waals surface area (Å²) in [5.41, 5.74) is 1.35. The third-order valence-electron chi connectivity index (χ3n) is 5.76. The van der Waals surface area contributed by atoms with Gasteiger partial charge in [-0.05, 0) is 49.8 Å². The van der Waals surface area contributed by atoms with Crippen LogP contribution in [0.3, 0.4) is 0 Å². The first kappa shape index (κ1) is 17.3. The molecule has 2 aliphatic heterocycles. The molecule has 3 heterocycles. The Labute approximate surface area is 154 Å². The number of hydrogen-bond acceptors (Lipinski definition) is 3. The van der Waals surface area contributed by atoms with Crippen LogP contribution in [0.1, 0.15) is 61.6 Å². The van der Waals surface area contributed by atoms with Gasteiger partial charge in [0.25, 0.3) is 11.5 Å². The molecule has 2 aliphatic rings. The highest BCUT2D eigenvalue weighted by atomic mass is 16.2. The van der Waals surface area contributed by atoms with Gasteiger partial charge in [-0.2, -0.15) is 0 Å². The molecule has 5 heteroatoms. The van der Waals surface area contributed by atoms with Crippen LogP contribution in [0.5, 0.6) is 0 Å². The van der Waals surface area contributed by atoms with Gasteiger partial charge in [0.1, 0.15) is 5.82 Å². The molecule has 5 nitrogen and oxygen atoms in total. The number of amides is 1. The predicted molar refractivity (Wildman–Crippen MR) is 102 cm³/mol. The summed E-state index contributed by atoms with van der Waals surface area (Å²) in [6, 6.07) is 5.40. The van der Waals surface area contributed by atoms with E-state index in [9.17, 15) is 9.59 Å². The minimum Gasteiger partial charge on any atom is -0.338 e. The molecule has 1 aromatic carbocycles. The molecule has 2 aromatic rings. The zero-order chi connectivity index (χ0) is 18.1. The van der Waals surface area contributed by atoms with Gasteiger partial charge in [-0.3, -0.25) is 14.2 Å². The summed E-state index contributed by atoms with van der Waals surface area (Å²) >= 11 is 0. The quantitative estimate of drug-likeness (QED) is 0.790. The normalized spacial score (nSPS) is 21.1. The zero-order valence-electron chi connectivity index (χ0n) is 15.5. The smallest absolute Gasteiger partial charge is 0.261 e. The maximum absolute atomic E-state index is 12.9. The molecule has 0 N–H and O–H groups in total. The van der Waals surface area contributed by atoms with Crippen LogP contribution in [0.2, 0.25) is 0 Å². The van der Waals surface area contributed by atoms with Crippen molar-refractivity contribution in [2.45, 2.75) is 58.4 Å². The Balaban J connectivity index is 1.71. The molecule has 26 heavy (non-hydrogen) atoms. The fourth-order valence-corrected chi connectivity index (χ4v) is 4.28. The van der Waals surface area contributed by atoms with Crippen molar-refractivity contribution in [1.29, 1.82) is 0 Å². The molecule has 4 rings (SSSR count). The van der Waals surface area contributed by atoms with Gasteiger partial charge in [0, 0.05) is 31.6 Å². The number of nitrogens with zero attached hydrogens (tertiary/aromatic N) is 3. The molecule has 1 amide bonds. The van der Waals surface area contributed by atoms with Crippen LogP contribution in [0.25, 0.3) is 10.9 Å². The Morgan fingerprint density at radius 2 is 1.96 bits per heavy atom. The van der Waals surface area contributed by atoms with Gasteiger partial charge in [0.15, 0.2) is 0 Å². The molecule has 0 bridgehead atoms. The lowest BCUT2D eigenvalue weighted by atomic mass is 9.99. The Kier molecular flexibility index (Phi) is 4.79. The number of benzene rings is 1. The maximum atomic E-state index is 12.9. The van der Waals surface area contributed by atoms with Crippen molar-refractivity contribution >= 4 is 16.8 Å². The fraction of sp³-hybridized carbons (Fsp3) is 0.571. The highest BCUT2D eigenvalue weighted by molar-refractivity contribution is 5.97. The summed E-state index contributed by atoms with van der Waals surface area (Å²) in [4.78, 5) is 32.5. The van der Waals surface area contributed by atoms with E-state index in [4.69, 9.17) is 4.98 Å². The van der Waals surface area contributed by atoms with Crippen LogP contribution in [0.4, 0.5) is 0 Å². The first-order chi connectivity index (χ1) is 12.6. The number of aromatic nitrogens is 2. The van der Waals surface area contributed by atoms with E-state index in [0.29, 0.717) is 22.4 Å². The van der Waals surface area contributed by atoms with Crippen molar-refractivity contribution < 1.29 is 4.79 Å². The van der Waals surface area contributed by atoms with E-state index in [-0.39, 0.29) is 11.5 Å².